The average molecular weight is 241 g/mol. The molecular formula is C12H17ClN2O. The highest BCUT2D eigenvalue weighted by Gasteiger charge is 2.09. The number of hydrogen-bond donors (Lipinski definition) is 2. The average Bonchev–Trinajstić information content (AvgIpc) is 2.28. The van der Waals surface area contributed by atoms with Crippen molar-refractivity contribution in [3.8, 4) is 0 Å². The lowest BCUT2D eigenvalue weighted by Gasteiger charge is -2.08. The second-order valence-electron chi connectivity index (χ2n) is 3.52. The normalized spacial score (nSPS) is 10.2. The fourth-order valence-corrected chi connectivity index (χ4v) is 1.56. The summed E-state index contributed by atoms with van der Waals surface area (Å²) in [5.41, 5.74) is 1.47. The molecule has 0 aliphatic heterocycles. The lowest BCUT2D eigenvalue weighted by Crippen LogP contribution is -2.32. The minimum atomic E-state index is -0.0714. The molecule has 0 saturated carbocycles. The second-order valence-corrected chi connectivity index (χ2v) is 3.93. The van der Waals surface area contributed by atoms with E-state index < -0.39 is 0 Å². The molecule has 0 radical (unpaired) electrons. The number of carbonyl (C=O) groups is 1. The molecule has 0 saturated heterocycles. The van der Waals surface area contributed by atoms with E-state index in [9.17, 15) is 4.79 Å². The zero-order valence-corrected chi connectivity index (χ0v) is 10.4. The smallest absolute Gasteiger partial charge is 0.251 e. The maximum atomic E-state index is 11.8. The summed E-state index contributed by atoms with van der Waals surface area (Å²) in [4.78, 5) is 11.8. The van der Waals surface area contributed by atoms with E-state index in [2.05, 4.69) is 10.6 Å². The van der Waals surface area contributed by atoms with E-state index in [0.29, 0.717) is 17.1 Å². The van der Waals surface area contributed by atoms with Crippen molar-refractivity contribution < 1.29 is 4.79 Å². The van der Waals surface area contributed by atoms with Gasteiger partial charge in [-0.2, -0.15) is 0 Å². The zero-order valence-electron chi connectivity index (χ0n) is 9.64. The summed E-state index contributed by atoms with van der Waals surface area (Å²) in [5.74, 6) is -0.0714. The van der Waals surface area contributed by atoms with E-state index in [1.165, 1.54) is 0 Å². The third-order valence-electron chi connectivity index (χ3n) is 2.35. The van der Waals surface area contributed by atoms with Gasteiger partial charge in [0.25, 0.3) is 5.91 Å². The van der Waals surface area contributed by atoms with Crippen LogP contribution in [0.2, 0.25) is 5.02 Å². The minimum Gasteiger partial charge on any atom is -0.351 e. The highest BCUT2D eigenvalue weighted by atomic mass is 35.5. The zero-order chi connectivity index (χ0) is 12.0. The van der Waals surface area contributed by atoms with Crippen LogP contribution < -0.4 is 10.6 Å². The molecule has 0 aliphatic rings. The maximum Gasteiger partial charge on any atom is 0.251 e. The highest BCUT2D eigenvalue weighted by molar-refractivity contribution is 6.31. The molecule has 2 N–H and O–H groups in total. The van der Waals surface area contributed by atoms with E-state index in [1.54, 1.807) is 18.2 Å². The van der Waals surface area contributed by atoms with Crippen LogP contribution in [-0.2, 0) is 0 Å². The molecule has 0 aromatic heterocycles. The van der Waals surface area contributed by atoms with Crippen LogP contribution in [0.4, 0.5) is 0 Å². The van der Waals surface area contributed by atoms with Crippen molar-refractivity contribution in [2.45, 2.75) is 13.8 Å². The molecule has 0 aliphatic carbocycles. The summed E-state index contributed by atoms with van der Waals surface area (Å²) >= 11 is 5.95. The van der Waals surface area contributed by atoms with Gasteiger partial charge in [0.15, 0.2) is 0 Å². The van der Waals surface area contributed by atoms with Gasteiger partial charge in [-0.25, -0.2) is 0 Å². The van der Waals surface area contributed by atoms with Gasteiger partial charge in [0, 0.05) is 23.7 Å². The van der Waals surface area contributed by atoms with Crippen LogP contribution >= 0.6 is 11.6 Å². The van der Waals surface area contributed by atoms with Gasteiger partial charge in [-0.15, -0.1) is 0 Å². The molecule has 1 aromatic rings. The summed E-state index contributed by atoms with van der Waals surface area (Å²) in [6, 6.07) is 5.35. The van der Waals surface area contributed by atoms with Crippen molar-refractivity contribution in [1.82, 2.24) is 10.6 Å². The number of benzene rings is 1. The maximum absolute atomic E-state index is 11.8. The van der Waals surface area contributed by atoms with Gasteiger partial charge in [0.2, 0.25) is 0 Å². The molecule has 0 spiro atoms. The predicted molar refractivity (Wildman–Crippen MR) is 67.1 cm³/mol. The summed E-state index contributed by atoms with van der Waals surface area (Å²) in [7, 11) is 0. The Morgan fingerprint density at radius 1 is 1.38 bits per heavy atom. The van der Waals surface area contributed by atoms with Gasteiger partial charge in [0.1, 0.15) is 0 Å². The van der Waals surface area contributed by atoms with Crippen LogP contribution in [0.1, 0.15) is 22.8 Å². The van der Waals surface area contributed by atoms with Crippen LogP contribution in [0.15, 0.2) is 18.2 Å². The van der Waals surface area contributed by atoms with Crippen molar-refractivity contribution >= 4 is 17.5 Å². The Kier molecular flexibility index (Phi) is 5.29. The van der Waals surface area contributed by atoms with Gasteiger partial charge < -0.3 is 10.6 Å². The lowest BCUT2D eigenvalue weighted by molar-refractivity contribution is 0.0953. The number of carbonyl (C=O) groups excluding carboxylic acids is 1. The molecule has 88 valence electrons. The molecule has 1 amide bonds. The number of amides is 1. The summed E-state index contributed by atoms with van der Waals surface area (Å²) in [6.45, 7) is 6.19. The molecule has 0 heterocycles. The van der Waals surface area contributed by atoms with E-state index in [1.807, 2.05) is 13.8 Å². The van der Waals surface area contributed by atoms with Gasteiger partial charge in [-0.05, 0) is 31.2 Å². The Labute approximate surface area is 101 Å². The Morgan fingerprint density at radius 2 is 2.12 bits per heavy atom. The molecule has 1 aromatic carbocycles. The Hall–Kier alpha value is -1.06. The molecule has 0 unspecified atom stereocenters. The van der Waals surface area contributed by atoms with Crippen LogP contribution in [0.5, 0.6) is 0 Å². The summed E-state index contributed by atoms with van der Waals surface area (Å²) in [6.07, 6.45) is 0. The third kappa shape index (κ3) is 3.51. The second kappa shape index (κ2) is 6.51. The number of rotatable bonds is 5. The first-order valence-corrected chi connectivity index (χ1v) is 5.78. The monoisotopic (exact) mass is 240 g/mol. The van der Waals surface area contributed by atoms with Crippen molar-refractivity contribution in [3.63, 3.8) is 0 Å². The fraction of sp³-hybridized carbons (Fsp3) is 0.417. The van der Waals surface area contributed by atoms with Crippen LogP contribution in [0.3, 0.4) is 0 Å². The van der Waals surface area contributed by atoms with E-state index in [-0.39, 0.29) is 5.91 Å². The first-order valence-electron chi connectivity index (χ1n) is 5.40. The van der Waals surface area contributed by atoms with Crippen molar-refractivity contribution in [2.75, 3.05) is 19.6 Å². The van der Waals surface area contributed by atoms with E-state index in [0.717, 1.165) is 18.7 Å². The largest absolute Gasteiger partial charge is 0.351 e. The Bertz CT molecular complexity index is 366. The SMILES string of the molecule is CCNCCNC(=O)c1cccc(Cl)c1C. The van der Waals surface area contributed by atoms with Crippen molar-refractivity contribution in [2.24, 2.45) is 0 Å². The molecule has 0 atom stereocenters. The van der Waals surface area contributed by atoms with E-state index in [4.69, 9.17) is 11.6 Å². The lowest BCUT2D eigenvalue weighted by atomic mass is 10.1. The highest BCUT2D eigenvalue weighted by Crippen LogP contribution is 2.18. The van der Waals surface area contributed by atoms with Gasteiger partial charge in [-0.3, -0.25) is 4.79 Å². The number of nitrogens with one attached hydrogen (secondary N) is 2. The van der Waals surface area contributed by atoms with Gasteiger partial charge >= 0.3 is 0 Å². The van der Waals surface area contributed by atoms with Crippen LogP contribution in [0, 0.1) is 6.92 Å². The van der Waals surface area contributed by atoms with E-state index >= 15 is 0 Å². The number of halogens is 1. The van der Waals surface area contributed by atoms with Crippen molar-refractivity contribution in [3.05, 3.63) is 34.3 Å². The molecule has 4 heteroatoms. The quantitative estimate of drug-likeness (QED) is 0.773. The number of hydrogen-bond acceptors (Lipinski definition) is 2. The fourth-order valence-electron chi connectivity index (χ4n) is 1.39. The van der Waals surface area contributed by atoms with Crippen molar-refractivity contribution in [1.29, 1.82) is 0 Å². The van der Waals surface area contributed by atoms with Gasteiger partial charge in [0.05, 0.1) is 0 Å². The Morgan fingerprint density at radius 3 is 2.81 bits per heavy atom. The summed E-state index contributed by atoms with van der Waals surface area (Å²) < 4.78 is 0. The summed E-state index contributed by atoms with van der Waals surface area (Å²) in [5, 5.41) is 6.61. The molecule has 0 fully saturated rings. The molecule has 0 bridgehead atoms. The minimum absolute atomic E-state index is 0.0714. The first kappa shape index (κ1) is 13.0. The standard InChI is InChI=1S/C12H17ClN2O/c1-3-14-7-8-15-12(16)10-5-4-6-11(13)9(10)2/h4-6,14H,3,7-8H2,1-2H3,(H,15,16). The molecule has 3 nitrogen and oxygen atoms in total. The molecule has 1 rings (SSSR count). The Balaban J connectivity index is 2.56. The predicted octanol–water partition coefficient (Wildman–Crippen LogP) is 1.99. The third-order valence-corrected chi connectivity index (χ3v) is 2.76. The topological polar surface area (TPSA) is 41.1 Å². The molecule has 16 heavy (non-hydrogen) atoms. The van der Waals surface area contributed by atoms with Crippen LogP contribution in [-0.4, -0.2) is 25.5 Å². The molecular weight excluding hydrogens is 224 g/mol. The van der Waals surface area contributed by atoms with Gasteiger partial charge in [-0.1, -0.05) is 24.6 Å². The van der Waals surface area contributed by atoms with Crippen LogP contribution in [0.25, 0.3) is 0 Å². The first-order chi connectivity index (χ1) is 7.66. The number of likely N-dealkylation sites (N-methyl/N-ethyl adjacent to an activating group) is 1.